The fourth-order valence-electron chi connectivity index (χ4n) is 8.06. The molecule has 4 heteroatoms. The SMILES string of the molecule is c1ccc(-c2ccc(-c3cc(-c4cccc(-c5ccc6c7ccccc7n(-c7ccccc7)c6c5)c4)nc(-c4ccc5c(c4)oc4ccccc45)n3)cc2)cc1. The topological polar surface area (TPSA) is 43.9 Å². The molecule has 0 bridgehead atoms. The van der Waals surface area contributed by atoms with Gasteiger partial charge in [0.2, 0.25) is 0 Å². The van der Waals surface area contributed by atoms with Crippen molar-refractivity contribution in [2.75, 3.05) is 0 Å². The van der Waals surface area contributed by atoms with Gasteiger partial charge in [-0.3, -0.25) is 0 Å². The van der Waals surface area contributed by atoms with Gasteiger partial charge in [0.15, 0.2) is 5.82 Å². The Bertz CT molecular complexity index is 3230. The molecule has 3 aromatic heterocycles. The highest BCUT2D eigenvalue weighted by Gasteiger charge is 2.16. The summed E-state index contributed by atoms with van der Waals surface area (Å²) in [6.45, 7) is 0. The van der Waals surface area contributed by atoms with Crippen LogP contribution >= 0.6 is 0 Å². The highest BCUT2D eigenvalue weighted by atomic mass is 16.3. The van der Waals surface area contributed by atoms with Crippen molar-refractivity contribution in [2.24, 2.45) is 0 Å². The monoisotopic (exact) mass is 715 g/mol. The Kier molecular flexibility index (Phi) is 7.46. The molecule has 0 saturated carbocycles. The van der Waals surface area contributed by atoms with Gasteiger partial charge in [-0.15, -0.1) is 0 Å². The summed E-state index contributed by atoms with van der Waals surface area (Å²) in [5.41, 5.74) is 14.4. The van der Waals surface area contributed by atoms with E-state index in [0.717, 1.165) is 72.4 Å². The van der Waals surface area contributed by atoms with E-state index in [2.05, 4.69) is 180 Å². The van der Waals surface area contributed by atoms with Crippen LogP contribution in [0.4, 0.5) is 0 Å². The molecule has 11 rings (SSSR count). The second-order valence-corrected chi connectivity index (χ2v) is 14.2. The molecule has 0 N–H and O–H groups in total. The molecule has 0 radical (unpaired) electrons. The number of rotatable bonds is 6. The third-order valence-electron chi connectivity index (χ3n) is 10.8. The highest BCUT2D eigenvalue weighted by Crippen LogP contribution is 2.37. The Morgan fingerprint density at radius 3 is 1.71 bits per heavy atom. The number of hydrogen-bond donors (Lipinski definition) is 0. The minimum absolute atomic E-state index is 0.645. The van der Waals surface area contributed by atoms with Crippen molar-refractivity contribution < 1.29 is 4.42 Å². The summed E-state index contributed by atoms with van der Waals surface area (Å²) < 4.78 is 8.66. The molecule has 0 unspecified atom stereocenters. The first-order valence-corrected chi connectivity index (χ1v) is 18.9. The first-order chi connectivity index (χ1) is 27.7. The lowest BCUT2D eigenvalue weighted by atomic mass is 9.99. The van der Waals surface area contributed by atoms with Gasteiger partial charge >= 0.3 is 0 Å². The number of para-hydroxylation sites is 3. The van der Waals surface area contributed by atoms with Gasteiger partial charge in [-0.05, 0) is 76.9 Å². The maximum Gasteiger partial charge on any atom is 0.160 e. The third kappa shape index (κ3) is 5.47. The van der Waals surface area contributed by atoms with Gasteiger partial charge in [-0.1, -0.05) is 146 Å². The number of aromatic nitrogens is 3. The fourth-order valence-corrected chi connectivity index (χ4v) is 8.06. The Balaban J connectivity index is 1.05. The molecule has 0 amide bonds. The molecule has 56 heavy (non-hydrogen) atoms. The van der Waals surface area contributed by atoms with Gasteiger partial charge < -0.3 is 8.98 Å². The predicted molar refractivity (Wildman–Crippen MR) is 231 cm³/mol. The van der Waals surface area contributed by atoms with E-state index < -0.39 is 0 Å². The number of benzene rings is 8. The first kappa shape index (κ1) is 31.9. The lowest BCUT2D eigenvalue weighted by molar-refractivity contribution is 0.669. The van der Waals surface area contributed by atoms with E-state index in [1.807, 2.05) is 24.3 Å². The Morgan fingerprint density at radius 2 is 0.875 bits per heavy atom. The molecule has 262 valence electrons. The maximum absolute atomic E-state index is 6.29. The van der Waals surface area contributed by atoms with Crippen LogP contribution in [0.5, 0.6) is 0 Å². The van der Waals surface area contributed by atoms with Crippen LogP contribution in [-0.4, -0.2) is 14.5 Å². The van der Waals surface area contributed by atoms with Crippen molar-refractivity contribution in [1.82, 2.24) is 14.5 Å². The van der Waals surface area contributed by atoms with Crippen molar-refractivity contribution in [3.8, 4) is 61.8 Å². The van der Waals surface area contributed by atoms with Crippen molar-refractivity contribution in [1.29, 1.82) is 0 Å². The second kappa shape index (κ2) is 13.1. The smallest absolute Gasteiger partial charge is 0.160 e. The van der Waals surface area contributed by atoms with Crippen LogP contribution in [0.3, 0.4) is 0 Å². The van der Waals surface area contributed by atoms with Crippen molar-refractivity contribution in [2.45, 2.75) is 0 Å². The third-order valence-corrected chi connectivity index (χ3v) is 10.8. The zero-order valence-electron chi connectivity index (χ0n) is 30.3. The number of furan rings is 1. The van der Waals surface area contributed by atoms with Crippen molar-refractivity contribution >= 4 is 43.7 Å². The largest absolute Gasteiger partial charge is 0.456 e. The summed E-state index contributed by atoms with van der Waals surface area (Å²) in [5, 5.41) is 4.65. The normalized spacial score (nSPS) is 11.6. The Morgan fingerprint density at radius 1 is 0.321 bits per heavy atom. The van der Waals surface area contributed by atoms with E-state index in [4.69, 9.17) is 14.4 Å². The average Bonchev–Trinajstić information content (AvgIpc) is 3.82. The minimum Gasteiger partial charge on any atom is -0.456 e. The van der Waals surface area contributed by atoms with Gasteiger partial charge in [-0.25, -0.2) is 9.97 Å². The van der Waals surface area contributed by atoms with Gasteiger partial charge in [0, 0.05) is 43.9 Å². The molecule has 3 heterocycles. The van der Waals surface area contributed by atoms with E-state index in [1.54, 1.807) is 0 Å². The van der Waals surface area contributed by atoms with E-state index in [-0.39, 0.29) is 0 Å². The van der Waals surface area contributed by atoms with E-state index in [0.29, 0.717) is 5.82 Å². The molecule has 11 aromatic rings. The van der Waals surface area contributed by atoms with E-state index in [1.165, 1.54) is 27.4 Å². The van der Waals surface area contributed by atoms with Crippen LogP contribution in [0.1, 0.15) is 0 Å². The summed E-state index contributed by atoms with van der Waals surface area (Å²) in [4.78, 5) is 10.4. The number of hydrogen-bond acceptors (Lipinski definition) is 3. The van der Waals surface area contributed by atoms with Crippen LogP contribution in [0.15, 0.2) is 205 Å². The predicted octanol–water partition coefficient (Wildman–Crippen LogP) is 13.8. The minimum atomic E-state index is 0.645. The zero-order valence-corrected chi connectivity index (χ0v) is 30.3. The van der Waals surface area contributed by atoms with Crippen LogP contribution in [0, 0.1) is 0 Å². The summed E-state index contributed by atoms with van der Waals surface area (Å²) in [7, 11) is 0. The summed E-state index contributed by atoms with van der Waals surface area (Å²) in [5.74, 6) is 0.645. The van der Waals surface area contributed by atoms with Crippen LogP contribution in [-0.2, 0) is 0 Å². The van der Waals surface area contributed by atoms with Crippen LogP contribution in [0.25, 0.3) is 106 Å². The summed E-state index contributed by atoms with van der Waals surface area (Å²) >= 11 is 0. The van der Waals surface area contributed by atoms with Gasteiger partial charge in [0.1, 0.15) is 11.2 Å². The lowest BCUT2D eigenvalue weighted by Crippen LogP contribution is -1.96. The Hall–Kier alpha value is -7.56. The molecule has 0 saturated heterocycles. The quantitative estimate of drug-likeness (QED) is 0.172. The standard InChI is InChI=1S/C52H33N3O/c1-3-12-34(13-4-1)35-22-24-36(25-23-35)46-33-47(54-52(53-46)40-27-29-45-44-19-8-10-21-50(44)56-51(45)32-40)39-15-11-14-37(30-39)38-26-28-43-42-18-7-9-20-48(42)55(49(43)31-38)41-16-5-2-6-17-41/h1-33H. The van der Waals surface area contributed by atoms with E-state index >= 15 is 0 Å². The molecule has 0 atom stereocenters. The van der Waals surface area contributed by atoms with Crippen molar-refractivity contribution in [3.05, 3.63) is 200 Å². The maximum atomic E-state index is 6.29. The summed E-state index contributed by atoms with van der Waals surface area (Å²) in [6, 6.07) is 70.4. The average molecular weight is 716 g/mol. The number of fused-ring (bicyclic) bond motifs is 6. The van der Waals surface area contributed by atoms with Crippen molar-refractivity contribution in [3.63, 3.8) is 0 Å². The van der Waals surface area contributed by atoms with Gasteiger partial charge in [0.05, 0.1) is 22.4 Å². The molecule has 0 aliphatic rings. The molecule has 0 aliphatic carbocycles. The Labute approximate surface area is 323 Å². The van der Waals surface area contributed by atoms with Gasteiger partial charge in [-0.2, -0.15) is 0 Å². The van der Waals surface area contributed by atoms with Crippen LogP contribution < -0.4 is 0 Å². The number of nitrogens with zero attached hydrogens (tertiary/aromatic N) is 3. The van der Waals surface area contributed by atoms with Gasteiger partial charge in [0.25, 0.3) is 0 Å². The van der Waals surface area contributed by atoms with Crippen LogP contribution in [0.2, 0.25) is 0 Å². The van der Waals surface area contributed by atoms with E-state index in [9.17, 15) is 0 Å². The first-order valence-electron chi connectivity index (χ1n) is 18.9. The molecule has 0 aliphatic heterocycles. The molecule has 4 nitrogen and oxygen atoms in total. The second-order valence-electron chi connectivity index (χ2n) is 14.2. The lowest BCUT2D eigenvalue weighted by Gasteiger charge is -2.12. The zero-order chi connectivity index (χ0) is 37.0. The molecule has 0 fully saturated rings. The fraction of sp³-hybridized carbons (Fsp3) is 0. The summed E-state index contributed by atoms with van der Waals surface area (Å²) in [6.07, 6.45) is 0. The molecule has 8 aromatic carbocycles. The molecular weight excluding hydrogens is 683 g/mol. The highest BCUT2D eigenvalue weighted by molar-refractivity contribution is 6.10. The molecule has 0 spiro atoms. The molecular formula is C52H33N3O.